The molecule has 2 atom stereocenters. The minimum atomic E-state index is 0.854. The normalized spacial score (nSPS) is 30.7. The van der Waals surface area contributed by atoms with E-state index in [9.17, 15) is 0 Å². The van der Waals surface area contributed by atoms with Crippen LogP contribution >= 0.6 is 0 Å². The molecule has 1 aromatic heterocycles. The number of aromatic nitrogens is 2. The highest BCUT2D eigenvalue weighted by molar-refractivity contribution is 5.27. The van der Waals surface area contributed by atoms with Crippen LogP contribution in [0.2, 0.25) is 0 Å². The van der Waals surface area contributed by atoms with Crippen molar-refractivity contribution in [3.63, 3.8) is 0 Å². The van der Waals surface area contributed by atoms with Crippen LogP contribution in [0.1, 0.15) is 12.8 Å². The van der Waals surface area contributed by atoms with Crippen molar-refractivity contribution in [3.8, 4) is 0 Å². The lowest BCUT2D eigenvalue weighted by atomic mass is 10.0. The molecule has 0 N–H and O–H groups in total. The Kier molecular flexibility index (Phi) is 1.87. The van der Waals surface area contributed by atoms with Gasteiger partial charge in [-0.25, -0.2) is 15.0 Å². The molecule has 0 amide bonds. The predicted octanol–water partition coefficient (Wildman–Crippen LogP) is 0.924. The number of anilines is 1. The van der Waals surface area contributed by atoms with Gasteiger partial charge in [0.25, 0.3) is 0 Å². The number of nitrogens with zero attached hydrogens (tertiary/aromatic N) is 4. The van der Waals surface area contributed by atoms with E-state index in [2.05, 4.69) is 20.0 Å². The van der Waals surface area contributed by atoms with Gasteiger partial charge in [-0.2, -0.15) is 0 Å². The molecular formula is C10H14N4. The molecule has 2 aliphatic heterocycles. The molecule has 2 bridgehead atoms. The molecule has 4 heteroatoms. The fourth-order valence-corrected chi connectivity index (χ4v) is 2.36. The maximum Gasteiger partial charge on any atom is 0.240 e. The Bertz CT molecular complexity index is 313. The minimum Gasteiger partial charge on any atom is -0.273 e. The van der Waals surface area contributed by atoms with Gasteiger partial charge in [0, 0.05) is 32.0 Å². The highest BCUT2D eigenvalue weighted by atomic mass is 15.7. The van der Waals surface area contributed by atoms with E-state index in [-0.39, 0.29) is 0 Å². The first-order valence-electron chi connectivity index (χ1n) is 5.23. The van der Waals surface area contributed by atoms with Crippen LogP contribution in [0.15, 0.2) is 18.5 Å². The van der Waals surface area contributed by atoms with Gasteiger partial charge in [0.2, 0.25) is 5.95 Å². The molecule has 0 radical (unpaired) electrons. The summed E-state index contributed by atoms with van der Waals surface area (Å²) in [5, 5.41) is 4.60. The maximum atomic E-state index is 4.29. The average Bonchev–Trinajstić information content (AvgIpc) is 2.62. The van der Waals surface area contributed by atoms with E-state index < -0.39 is 0 Å². The third kappa shape index (κ3) is 1.26. The van der Waals surface area contributed by atoms with Crippen LogP contribution < -0.4 is 5.01 Å². The van der Waals surface area contributed by atoms with Crippen LogP contribution in [0.25, 0.3) is 0 Å². The van der Waals surface area contributed by atoms with Gasteiger partial charge in [-0.05, 0) is 24.8 Å². The first-order chi connectivity index (χ1) is 6.93. The first kappa shape index (κ1) is 8.17. The Labute approximate surface area is 83.5 Å². The summed E-state index contributed by atoms with van der Waals surface area (Å²) in [6, 6.07) is 1.86. The maximum absolute atomic E-state index is 4.29. The van der Waals surface area contributed by atoms with Crippen LogP contribution in [0.3, 0.4) is 0 Å². The topological polar surface area (TPSA) is 32.3 Å². The molecule has 1 aromatic rings. The largest absolute Gasteiger partial charge is 0.273 e. The highest BCUT2D eigenvalue weighted by Crippen LogP contribution is 2.28. The molecule has 74 valence electrons. The van der Waals surface area contributed by atoms with Crippen LogP contribution in [-0.4, -0.2) is 34.6 Å². The fraction of sp³-hybridized carbons (Fsp3) is 0.600. The summed E-state index contributed by atoms with van der Waals surface area (Å²) >= 11 is 0. The molecule has 3 rings (SSSR count). The van der Waals surface area contributed by atoms with Gasteiger partial charge in [-0.15, -0.1) is 0 Å². The van der Waals surface area contributed by atoms with Crippen molar-refractivity contribution in [2.24, 2.45) is 5.92 Å². The van der Waals surface area contributed by atoms with E-state index in [0.29, 0.717) is 0 Å². The number of hydrogen-bond donors (Lipinski definition) is 0. The molecule has 2 saturated heterocycles. The van der Waals surface area contributed by atoms with Crippen molar-refractivity contribution in [1.82, 2.24) is 15.0 Å². The summed E-state index contributed by atoms with van der Waals surface area (Å²) in [6.45, 7) is 3.44. The van der Waals surface area contributed by atoms with Crippen LogP contribution in [-0.2, 0) is 0 Å². The summed E-state index contributed by atoms with van der Waals surface area (Å²) in [5.41, 5.74) is 0. The molecule has 2 unspecified atom stereocenters. The lowest BCUT2D eigenvalue weighted by Gasteiger charge is -2.35. The van der Waals surface area contributed by atoms with Gasteiger partial charge in [-0.1, -0.05) is 0 Å². The fourth-order valence-electron chi connectivity index (χ4n) is 2.36. The molecule has 0 aromatic carbocycles. The lowest BCUT2D eigenvalue weighted by Crippen LogP contribution is -2.46. The van der Waals surface area contributed by atoms with Gasteiger partial charge in [-0.3, -0.25) is 5.01 Å². The van der Waals surface area contributed by atoms with E-state index >= 15 is 0 Å². The molecular weight excluding hydrogens is 176 g/mol. The average molecular weight is 190 g/mol. The van der Waals surface area contributed by atoms with Gasteiger partial charge in [0.05, 0.1) is 0 Å². The number of fused-ring (bicyclic) bond motifs is 2. The Balaban J connectivity index is 1.85. The zero-order chi connectivity index (χ0) is 9.38. The summed E-state index contributed by atoms with van der Waals surface area (Å²) in [5.74, 6) is 1.77. The Morgan fingerprint density at radius 2 is 1.93 bits per heavy atom. The third-order valence-electron chi connectivity index (χ3n) is 3.14. The summed E-state index contributed by atoms with van der Waals surface area (Å²) < 4.78 is 0. The number of hydrogen-bond acceptors (Lipinski definition) is 4. The van der Waals surface area contributed by atoms with E-state index in [4.69, 9.17) is 0 Å². The van der Waals surface area contributed by atoms with E-state index in [1.54, 1.807) is 0 Å². The van der Waals surface area contributed by atoms with Crippen molar-refractivity contribution in [2.45, 2.75) is 12.8 Å². The summed E-state index contributed by atoms with van der Waals surface area (Å²) in [4.78, 5) is 8.58. The first-order valence-corrected chi connectivity index (χ1v) is 5.23. The Hall–Kier alpha value is -1.16. The lowest BCUT2D eigenvalue weighted by molar-refractivity contribution is 0.249. The second kappa shape index (κ2) is 3.20. The van der Waals surface area contributed by atoms with Gasteiger partial charge >= 0.3 is 0 Å². The second-order valence-electron chi connectivity index (χ2n) is 4.03. The van der Waals surface area contributed by atoms with Crippen molar-refractivity contribution >= 4 is 5.95 Å². The standard InChI is InChI=1S/C10H14N4/c1-4-11-10(12-5-1)14-7-3-9-2-6-13(14)8-9/h1,4-5,9H,2-3,6-8H2. The molecule has 2 aliphatic rings. The van der Waals surface area contributed by atoms with E-state index in [1.165, 1.54) is 25.9 Å². The number of hydrazine groups is 1. The van der Waals surface area contributed by atoms with E-state index in [0.717, 1.165) is 18.4 Å². The van der Waals surface area contributed by atoms with Crippen molar-refractivity contribution in [2.75, 3.05) is 24.6 Å². The SMILES string of the molecule is c1cnc(N2CCC3CCN2C3)nc1. The molecule has 4 nitrogen and oxygen atoms in total. The van der Waals surface area contributed by atoms with Crippen LogP contribution in [0.4, 0.5) is 5.95 Å². The van der Waals surface area contributed by atoms with Crippen molar-refractivity contribution in [1.29, 1.82) is 0 Å². The zero-order valence-electron chi connectivity index (χ0n) is 8.13. The molecule has 14 heavy (non-hydrogen) atoms. The quantitative estimate of drug-likeness (QED) is 0.659. The molecule has 3 heterocycles. The van der Waals surface area contributed by atoms with Crippen molar-refractivity contribution < 1.29 is 0 Å². The third-order valence-corrected chi connectivity index (χ3v) is 3.14. The highest BCUT2D eigenvalue weighted by Gasteiger charge is 2.33. The molecule has 2 fully saturated rings. The predicted molar refractivity (Wildman–Crippen MR) is 53.7 cm³/mol. The van der Waals surface area contributed by atoms with Gasteiger partial charge in [0.1, 0.15) is 0 Å². The van der Waals surface area contributed by atoms with Gasteiger partial charge in [0.15, 0.2) is 0 Å². The van der Waals surface area contributed by atoms with E-state index in [1.807, 2.05) is 18.5 Å². The minimum absolute atomic E-state index is 0.854. The van der Waals surface area contributed by atoms with Crippen molar-refractivity contribution in [3.05, 3.63) is 18.5 Å². The zero-order valence-corrected chi connectivity index (χ0v) is 8.13. The van der Waals surface area contributed by atoms with Crippen LogP contribution in [0.5, 0.6) is 0 Å². The summed E-state index contributed by atoms with van der Waals surface area (Å²) in [7, 11) is 0. The van der Waals surface area contributed by atoms with Crippen LogP contribution in [0, 0.1) is 5.92 Å². The molecule has 0 saturated carbocycles. The second-order valence-corrected chi connectivity index (χ2v) is 4.03. The van der Waals surface area contributed by atoms with Gasteiger partial charge < -0.3 is 0 Å². The molecule has 0 aliphatic carbocycles. The number of rotatable bonds is 1. The smallest absolute Gasteiger partial charge is 0.240 e. The molecule has 0 spiro atoms. The summed E-state index contributed by atoms with van der Waals surface area (Å²) in [6.07, 6.45) is 6.24. The monoisotopic (exact) mass is 190 g/mol. The Morgan fingerprint density at radius 1 is 1.14 bits per heavy atom. The Morgan fingerprint density at radius 3 is 2.79 bits per heavy atom.